The first-order chi connectivity index (χ1) is 13.1. The molecule has 3 aromatic rings. The molecule has 0 aliphatic heterocycles. The van der Waals surface area contributed by atoms with E-state index in [0.717, 1.165) is 12.2 Å². The molecule has 0 spiro atoms. The number of aryl methyl sites for hydroxylation is 1. The normalized spacial score (nSPS) is 10.6. The lowest BCUT2D eigenvalue weighted by atomic mass is 10.1. The van der Waals surface area contributed by atoms with Crippen LogP contribution in [0.4, 0.5) is 4.39 Å². The summed E-state index contributed by atoms with van der Waals surface area (Å²) in [6.07, 6.45) is 3.66. The minimum Gasteiger partial charge on any atom is -0.345 e. The summed E-state index contributed by atoms with van der Waals surface area (Å²) < 4.78 is 16.2. The summed E-state index contributed by atoms with van der Waals surface area (Å²) in [5.74, 6) is -0.844. The van der Waals surface area contributed by atoms with Crippen molar-refractivity contribution in [3.63, 3.8) is 0 Å². The Morgan fingerprint density at radius 2 is 1.96 bits per heavy atom. The first-order valence-corrected chi connectivity index (χ1v) is 8.92. The number of benzene rings is 2. The van der Waals surface area contributed by atoms with Gasteiger partial charge in [-0.25, -0.2) is 4.39 Å². The second-order valence-electron chi connectivity index (χ2n) is 6.57. The minimum absolute atomic E-state index is 0.0798. The molecule has 2 aromatic carbocycles. The summed E-state index contributed by atoms with van der Waals surface area (Å²) in [5, 5.41) is 0. The summed E-state index contributed by atoms with van der Waals surface area (Å²) in [4.78, 5) is 14.4. The van der Waals surface area contributed by atoms with E-state index in [1.807, 2.05) is 24.4 Å². The molecule has 0 saturated heterocycles. The molecule has 0 bridgehead atoms. The monoisotopic (exact) mass is 362 g/mol. The molecule has 1 amide bonds. The maximum Gasteiger partial charge on any atom is 0.257 e. The molecular formula is C23H23FN2O. The van der Waals surface area contributed by atoms with Crippen LogP contribution in [-0.4, -0.2) is 21.9 Å². The molecule has 138 valence electrons. The predicted molar refractivity (Wildman–Crippen MR) is 106 cm³/mol. The van der Waals surface area contributed by atoms with E-state index in [0.29, 0.717) is 13.1 Å². The van der Waals surface area contributed by atoms with Crippen molar-refractivity contribution in [3.05, 3.63) is 108 Å². The smallest absolute Gasteiger partial charge is 0.257 e. The Hall–Kier alpha value is -3.14. The number of halogens is 1. The second-order valence-corrected chi connectivity index (χ2v) is 6.57. The zero-order chi connectivity index (χ0) is 19.2. The molecule has 0 fully saturated rings. The Labute approximate surface area is 159 Å². The first kappa shape index (κ1) is 18.6. The van der Waals surface area contributed by atoms with Crippen LogP contribution in [0, 0.1) is 12.7 Å². The van der Waals surface area contributed by atoms with Crippen LogP contribution in [0.3, 0.4) is 0 Å². The number of carbonyl (C=O) groups is 1. The van der Waals surface area contributed by atoms with E-state index >= 15 is 0 Å². The lowest BCUT2D eigenvalue weighted by Crippen LogP contribution is -2.32. The van der Waals surface area contributed by atoms with Crippen LogP contribution >= 0.6 is 0 Å². The largest absolute Gasteiger partial charge is 0.345 e. The zero-order valence-corrected chi connectivity index (χ0v) is 15.4. The van der Waals surface area contributed by atoms with Crippen molar-refractivity contribution in [2.45, 2.75) is 20.0 Å². The lowest BCUT2D eigenvalue weighted by molar-refractivity contribution is 0.0754. The fraction of sp³-hybridized carbons (Fsp3) is 0.174. The predicted octanol–water partition coefficient (Wildman–Crippen LogP) is 4.81. The van der Waals surface area contributed by atoms with Crippen LogP contribution in [0.1, 0.15) is 27.2 Å². The van der Waals surface area contributed by atoms with Crippen LogP contribution in [0.25, 0.3) is 0 Å². The van der Waals surface area contributed by atoms with Crippen LogP contribution in [0.5, 0.6) is 0 Å². The number of carbonyl (C=O) groups excluding carboxylic acids is 1. The van der Waals surface area contributed by atoms with Crippen molar-refractivity contribution >= 4 is 5.91 Å². The van der Waals surface area contributed by atoms with Crippen molar-refractivity contribution in [1.29, 1.82) is 0 Å². The molecule has 3 rings (SSSR count). The summed E-state index contributed by atoms with van der Waals surface area (Å²) in [5.41, 5.74) is 3.48. The number of nitrogens with zero attached hydrogens (tertiary/aromatic N) is 2. The summed E-state index contributed by atoms with van der Waals surface area (Å²) >= 11 is 0. The van der Waals surface area contributed by atoms with Gasteiger partial charge >= 0.3 is 0 Å². The van der Waals surface area contributed by atoms with Gasteiger partial charge in [-0.05, 0) is 36.8 Å². The van der Waals surface area contributed by atoms with Crippen LogP contribution in [0.2, 0.25) is 0 Å². The Kier molecular flexibility index (Phi) is 5.87. The molecule has 1 heterocycles. The third-order valence-electron chi connectivity index (χ3n) is 4.45. The van der Waals surface area contributed by atoms with Gasteiger partial charge in [-0.2, -0.15) is 0 Å². The molecule has 4 heteroatoms. The van der Waals surface area contributed by atoms with Crippen molar-refractivity contribution in [1.82, 2.24) is 9.47 Å². The van der Waals surface area contributed by atoms with Gasteiger partial charge < -0.3 is 9.47 Å². The maximum absolute atomic E-state index is 14.0. The van der Waals surface area contributed by atoms with Crippen LogP contribution in [-0.2, 0) is 13.1 Å². The average Bonchev–Trinajstić information content (AvgIpc) is 3.08. The van der Waals surface area contributed by atoms with Gasteiger partial charge in [0.25, 0.3) is 5.91 Å². The Morgan fingerprint density at radius 3 is 2.70 bits per heavy atom. The van der Waals surface area contributed by atoms with Gasteiger partial charge in [0.05, 0.1) is 12.1 Å². The van der Waals surface area contributed by atoms with Gasteiger partial charge in [-0.3, -0.25) is 4.79 Å². The molecule has 0 radical (unpaired) electrons. The van der Waals surface area contributed by atoms with Gasteiger partial charge in [-0.1, -0.05) is 48.0 Å². The molecule has 1 aromatic heterocycles. The molecule has 0 saturated carbocycles. The molecule has 0 N–H and O–H groups in total. The van der Waals surface area contributed by atoms with Gasteiger partial charge in [0.2, 0.25) is 0 Å². The second kappa shape index (κ2) is 8.49. The standard InChI is InChI=1S/C23H23FN2O/c1-3-13-26(23(27)21-11-4-5-12-22(21)24)17-20-10-7-14-25(20)16-19-9-6-8-18(2)15-19/h3-12,14-15H,1,13,16-17H2,2H3. The minimum atomic E-state index is -0.508. The fourth-order valence-electron chi connectivity index (χ4n) is 3.13. The van der Waals surface area contributed by atoms with Gasteiger partial charge in [-0.15, -0.1) is 6.58 Å². The molecule has 3 nitrogen and oxygen atoms in total. The number of rotatable bonds is 7. The van der Waals surface area contributed by atoms with E-state index in [4.69, 9.17) is 0 Å². The molecule has 0 aliphatic carbocycles. The molecule has 0 unspecified atom stereocenters. The third-order valence-corrected chi connectivity index (χ3v) is 4.45. The number of hydrogen-bond donors (Lipinski definition) is 0. The van der Waals surface area contributed by atoms with Crippen molar-refractivity contribution in [2.75, 3.05) is 6.54 Å². The van der Waals surface area contributed by atoms with Gasteiger partial charge in [0, 0.05) is 25.0 Å². The number of hydrogen-bond acceptors (Lipinski definition) is 1. The summed E-state index contributed by atoms with van der Waals surface area (Å²) in [7, 11) is 0. The van der Waals surface area contributed by atoms with E-state index in [1.54, 1.807) is 23.1 Å². The molecule has 0 atom stereocenters. The van der Waals surface area contributed by atoms with Gasteiger partial charge in [0.1, 0.15) is 5.82 Å². The molecular weight excluding hydrogens is 339 g/mol. The maximum atomic E-state index is 14.0. The third kappa shape index (κ3) is 4.53. The average molecular weight is 362 g/mol. The summed E-state index contributed by atoms with van der Waals surface area (Å²) in [6.45, 7) is 7.26. The first-order valence-electron chi connectivity index (χ1n) is 8.92. The highest BCUT2D eigenvalue weighted by Crippen LogP contribution is 2.15. The van der Waals surface area contributed by atoms with Crippen molar-refractivity contribution < 1.29 is 9.18 Å². The Balaban J connectivity index is 1.82. The Morgan fingerprint density at radius 1 is 1.15 bits per heavy atom. The van der Waals surface area contributed by atoms with E-state index in [9.17, 15) is 9.18 Å². The van der Waals surface area contributed by atoms with E-state index < -0.39 is 5.82 Å². The van der Waals surface area contributed by atoms with Crippen molar-refractivity contribution in [3.8, 4) is 0 Å². The topological polar surface area (TPSA) is 25.2 Å². The number of amides is 1. The highest BCUT2D eigenvalue weighted by Gasteiger charge is 2.19. The van der Waals surface area contributed by atoms with Gasteiger partial charge in [0.15, 0.2) is 0 Å². The summed E-state index contributed by atoms with van der Waals surface area (Å²) in [6, 6.07) is 18.4. The Bertz CT molecular complexity index is 945. The molecule has 0 aliphatic rings. The van der Waals surface area contributed by atoms with E-state index in [-0.39, 0.29) is 11.5 Å². The van der Waals surface area contributed by atoms with Crippen LogP contribution in [0.15, 0.2) is 79.5 Å². The SMILES string of the molecule is C=CCN(Cc1cccn1Cc1cccc(C)c1)C(=O)c1ccccc1F. The fourth-order valence-corrected chi connectivity index (χ4v) is 3.13. The van der Waals surface area contributed by atoms with Crippen molar-refractivity contribution in [2.24, 2.45) is 0 Å². The van der Waals surface area contributed by atoms with E-state index in [2.05, 4.69) is 36.3 Å². The molecule has 27 heavy (non-hydrogen) atoms. The quantitative estimate of drug-likeness (QED) is 0.554. The highest BCUT2D eigenvalue weighted by atomic mass is 19.1. The lowest BCUT2D eigenvalue weighted by Gasteiger charge is -2.22. The number of aromatic nitrogens is 1. The van der Waals surface area contributed by atoms with E-state index in [1.165, 1.54) is 23.3 Å². The highest BCUT2D eigenvalue weighted by molar-refractivity contribution is 5.94. The van der Waals surface area contributed by atoms with Crippen LogP contribution < -0.4 is 0 Å². The zero-order valence-electron chi connectivity index (χ0n) is 15.4.